The number of hydrogen-bond donors (Lipinski definition) is 2. The van der Waals surface area contributed by atoms with Crippen molar-refractivity contribution in [2.75, 3.05) is 30.5 Å². The van der Waals surface area contributed by atoms with Gasteiger partial charge < -0.3 is 20.3 Å². The van der Waals surface area contributed by atoms with Gasteiger partial charge in [0.15, 0.2) is 0 Å². The predicted molar refractivity (Wildman–Crippen MR) is 97.1 cm³/mol. The minimum atomic E-state index is -0.223. The fourth-order valence-electron chi connectivity index (χ4n) is 3.01. The second-order valence-corrected chi connectivity index (χ2v) is 6.03. The number of para-hydroxylation sites is 1. The third-order valence-corrected chi connectivity index (χ3v) is 4.12. The molecule has 1 aliphatic heterocycles. The summed E-state index contributed by atoms with van der Waals surface area (Å²) in [5, 5.41) is 5.67. The maximum atomic E-state index is 11.9. The van der Waals surface area contributed by atoms with Crippen LogP contribution in [0.5, 0.6) is 0 Å². The molecule has 0 saturated carbocycles. The number of rotatable bonds is 5. The maximum Gasteiger partial charge on any atom is 0.319 e. The fourth-order valence-corrected chi connectivity index (χ4v) is 3.01. The molecule has 0 unspecified atom stereocenters. The van der Waals surface area contributed by atoms with Crippen LogP contribution in [0, 0.1) is 0 Å². The largest absolute Gasteiger partial charge is 0.383 e. The van der Waals surface area contributed by atoms with Crippen LogP contribution >= 0.6 is 0 Å². The van der Waals surface area contributed by atoms with Crippen molar-refractivity contribution in [1.82, 2.24) is 5.32 Å². The zero-order valence-electron chi connectivity index (χ0n) is 14.1. The molecule has 1 atom stereocenters. The Morgan fingerprint density at radius 1 is 1.21 bits per heavy atom. The SMILES string of the molecule is COC[C@@H](C)NC(=O)Nc1ccc(N2CCc3ccccc32)cc1. The topological polar surface area (TPSA) is 53.6 Å². The Kier molecular flexibility index (Phi) is 5.01. The normalized spacial score (nSPS) is 14.2. The standard InChI is InChI=1S/C19H23N3O2/c1-14(13-24-2)20-19(23)21-16-7-9-17(10-8-16)22-12-11-15-5-3-4-6-18(15)22/h3-10,14H,11-13H2,1-2H3,(H2,20,21,23)/t14-/m1/s1. The van der Waals surface area contributed by atoms with Gasteiger partial charge in [0.1, 0.15) is 0 Å². The summed E-state index contributed by atoms with van der Waals surface area (Å²) in [6.45, 7) is 3.37. The Morgan fingerprint density at radius 2 is 1.96 bits per heavy atom. The highest BCUT2D eigenvalue weighted by molar-refractivity contribution is 5.89. The van der Waals surface area contributed by atoms with Crippen molar-refractivity contribution in [3.05, 3.63) is 54.1 Å². The first kappa shape index (κ1) is 16.3. The average molecular weight is 325 g/mol. The molecule has 126 valence electrons. The molecule has 0 aromatic heterocycles. The number of hydrogen-bond acceptors (Lipinski definition) is 3. The van der Waals surface area contributed by atoms with Crippen LogP contribution in [0.25, 0.3) is 0 Å². The van der Waals surface area contributed by atoms with Gasteiger partial charge in [-0.1, -0.05) is 18.2 Å². The zero-order chi connectivity index (χ0) is 16.9. The van der Waals surface area contributed by atoms with E-state index in [9.17, 15) is 4.79 Å². The lowest BCUT2D eigenvalue weighted by Gasteiger charge is -2.20. The Labute approximate surface area is 142 Å². The highest BCUT2D eigenvalue weighted by atomic mass is 16.5. The molecular weight excluding hydrogens is 302 g/mol. The lowest BCUT2D eigenvalue weighted by molar-refractivity contribution is 0.173. The van der Waals surface area contributed by atoms with Gasteiger partial charge in [-0.2, -0.15) is 0 Å². The van der Waals surface area contributed by atoms with Crippen molar-refractivity contribution in [3.63, 3.8) is 0 Å². The number of urea groups is 1. The number of fused-ring (bicyclic) bond motifs is 1. The van der Waals surface area contributed by atoms with E-state index in [0.717, 1.165) is 24.3 Å². The second-order valence-electron chi connectivity index (χ2n) is 6.03. The lowest BCUT2D eigenvalue weighted by Crippen LogP contribution is -2.38. The van der Waals surface area contributed by atoms with Crippen LogP contribution in [0.1, 0.15) is 12.5 Å². The smallest absolute Gasteiger partial charge is 0.319 e. The summed E-state index contributed by atoms with van der Waals surface area (Å²) in [6.07, 6.45) is 1.07. The number of nitrogens with one attached hydrogen (secondary N) is 2. The molecular formula is C19H23N3O2. The Balaban J connectivity index is 1.63. The number of carbonyl (C=O) groups is 1. The number of ether oxygens (including phenoxy) is 1. The molecule has 2 N–H and O–H groups in total. The minimum Gasteiger partial charge on any atom is -0.383 e. The number of anilines is 3. The van der Waals surface area contributed by atoms with Crippen LogP contribution in [-0.2, 0) is 11.2 Å². The van der Waals surface area contributed by atoms with E-state index in [1.165, 1.54) is 11.3 Å². The van der Waals surface area contributed by atoms with Gasteiger partial charge >= 0.3 is 6.03 Å². The van der Waals surface area contributed by atoms with Gasteiger partial charge in [-0.25, -0.2) is 4.79 Å². The van der Waals surface area contributed by atoms with Gasteiger partial charge in [0, 0.05) is 30.7 Å². The van der Waals surface area contributed by atoms with Gasteiger partial charge in [0.25, 0.3) is 0 Å². The van der Waals surface area contributed by atoms with Crippen molar-refractivity contribution < 1.29 is 9.53 Å². The van der Waals surface area contributed by atoms with E-state index in [4.69, 9.17) is 4.74 Å². The highest BCUT2D eigenvalue weighted by Crippen LogP contribution is 2.34. The molecule has 0 aliphatic carbocycles. The average Bonchev–Trinajstić information content (AvgIpc) is 2.99. The first-order valence-electron chi connectivity index (χ1n) is 8.19. The van der Waals surface area contributed by atoms with E-state index in [0.29, 0.717) is 6.61 Å². The molecule has 3 rings (SSSR count). The van der Waals surface area contributed by atoms with Crippen molar-refractivity contribution in [3.8, 4) is 0 Å². The van der Waals surface area contributed by atoms with Crippen LogP contribution in [0.15, 0.2) is 48.5 Å². The molecule has 5 nitrogen and oxygen atoms in total. The highest BCUT2D eigenvalue weighted by Gasteiger charge is 2.19. The van der Waals surface area contributed by atoms with Gasteiger partial charge in [-0.05, 0) is 49.2 Å². The Hall–Kier alpha value is -2.53. The van der Waals surface area contributed by atoms with E-state index in [2.05, 4.69) is 39.8 Å². The predicted octanol–water partition coefficient (Wildman–Crippen LogP) is 3.54. The van der Waals surface area contributed by atoms with E-state index >= 15 is 0 Å². The number of nitrogens with zero attached hydrogens (tertiary/aromatic N) is 1. The molecule has 0 spiro atoms. The van der Waals surface area contributed by atoms with Crippen LogP contribution < -0.4 is 15.5 Å². The molecule has 0 bridgehead atoms. The van der Waals surface area contributed by atoms with Crippen LogP contribution in [0.4, 0.5) is 21.9 Å². The van der Waals surface area contributed by atoms with Gasteiger partial charge in [0.2, 0.25) is 0 Å². The molecule has 2 amide bonds. The van der Waals surface area contributed by atoms with Crippen LogP contribution in [0.3, 0.4) is 0 Å². The van der Waals surface area contributed by atoms with Crippen molar-refractivity contribution >= 4 is 23.1 Å². The Bertz CT molecular complexity index is 700. The molecule has 2 aromatic rings. The molecule has 0 saturated heterocycles. The molecule has 0 fully saturated rings. The summed E-state index contributed by atoms with van der Waals surface area (Å²) in [5.41, 5.74) is 4.56. The van der Waals surface area contributed by atoms with Gasteiger partial charge in [-0.3, -0.25) is 0 Å². The summed E-state index contributed by atoms with van der Waals surface area (Å²) >= 11 is 0. The number of benzene rings is 2. The monoisotopic (exact) mass is 325 g/mol. The maximum absolute atomic E-state index is 11.9. The first-order chi connectivity index (χ1) is 11.7. The zero-order valence-corrected chi connectivity index (χ0v) is 14.1. The quantitative estimate of drug-likeness (QED) is 0.884. The summed E-state index contributed by atoms with van der Waals surface area (Å²) in [5.74, 6) is 0. The van der Waals surface area contributed by atoms with Crippen molar-refractivity contribution in [1.29, 1.82) is 0 Å². The van der Waals surface area contributed by atoms with Gasteiger partial charge in [-0.15, -0.1) is 0 Å². The Morgan fingerprint density at radius 3 is 2.71 bits per heavy atom. The third-order valence-electron chi connectivity index (χ3n) is 4.12. The van der Waals surface area contributed by atoms with Gasteiger partial charge in [0.05, 0.1) is 12.6 Å². The number of methoxy groups -OCH3 is 1. The third kappa shape index (κ3) is 3.68. The number of carbonyl (C=O) groups excluding carboxylic acids is 1. The summed E-state index contributed by atoms with van der Waals surface area (Å²) < 4.78 is 5.01. The van der Waals surface area contributed by atoms with Crippen LogP contribution in [0.2, 0.25) is 0 Å². The minimum absolute atomic E-state index is 0.0321. The van der Waals surface area contributed by atoms with Crippen molar-refractivity contribution in [2.24, 2.45) is 0 Å². The van der Waals surface area contributed by atoms with E-state index in [-0.39, 0.29) is 12.1 Å². The second kappa shape index (κ2) is 7.36. The van der Waals surface area contributed by atoms with E-state index in [1.54, 1.807) is 7.11 Å². The summed E-state index contributed by atoms with van der Waals surface area (Å²) in [7, 11) is 1.62. The van der Waals surface area contributed by atoms with Crippen molar-refractivity contribution in [2.45, 2.75) is 19.4 Å². The molecule has 24 heavy (non-hydrogen) atoms. The van der Waals surface area contributed by atoms with Crippen LogP contribution in [-0.4, -0.2) is 32.3 Å². The first-order valence-corrected chi connectivity index (χ1v) is 8.19. The molecule has 0 radical (unpaired) electrons. The van der Waals surface area contributed by atoms with E-state index < -0.39 is 0 Å². The molecule has 1 aliphatic rings. The van der Waals surface area contributed by atoms with E-state index in [1.807, 2.05) is 31.2 Å². The molecule has 1 heterocycles. The fraction of sp³-hybridized carbons (Fsp3) is 0.316. The summed E-state index contributed by atoms with van der Waals surface area (Å²) in [4.78, 5) is 14.2. The molecule has 5 heteroatoms. The number of amides is 2. The lowest BCUT2D eigenvalue weighted by atomic mass is 10.2. The summed E-state index contributed by atoms with van der Waals surface area (Å²) in [6, 6.07) is 16.2. The molecule has 2 aromatic carbocycles.